The molecule has 0 saturated heterocycles. The third kappa shape index (κ3) is 4.42. The average Bonchev–Trinajstić information content (AvgIpc) is 3.03. The van der Waals surface area contributed by atoms with E-state index in [9.17, 15) is 14.0 Å². The van der Waals surface area contributed by atoms with Crippen molar-refractivity contribution in [1.82, 2.24) is 4.98 Å². The molecule has 1 aliphatic carbocycles. The lowest BCUT2D eigenvalue weighted by Crippen LogP contribution is -2.24. The number of anilines is 2. The molecule has 0 unspecified atom stereocenters. The van der Waals surface area contributed by atoms with Crippen molar-refractivity contribution in [2.45, 2.75) is 39.0 Å². The van der Waals surface area contributed by atoms with Gasteiger partial charge in [-0.15, -0.1) is 11.3 Å². The lowest BCUT2D eigenvalue weighted by atomic mass is 9.89. The van der Waals surface area contributed by atoms with Crippen LogP contribution in [0.5, 0.6) is 0 Å². The number of hydrogen-bond donors (Lipinski definition) is 2. The third-order valence-corrected chi connectivity index (χ3v) is 5.03. The predicted molar refractivity (Wildman–Crippen MR) is 97.0 cm³/mol. The number of thiazole rings is 1. The fraction of sp³-hybridized carbons (Fsp3) is 0.389. The molecule has 1 fully saturated rings. The number of benzene rings is 1. The highest BCUT2D eigenvalue weighted by atomic mass is 32.1. The second kappa shape index (κ2) is 7.74. The van der Waals surface area contributed by atoms with Crippen LogP contribution in [-0.2, 0) is 9.59 Å². The highest BCUT2D eigenvalue weighted by Gasteiger charge is 2.22. The van der Waals surface area contributed by atoms with E-state index in [0.29, 0.717) is 22.1 Å². The molecule has 1 heterocycles. The maximum atomic E-state index is 14.3. The molecule has 2 N–H and O–H groups in total. The number of carbonyl (C=O) groups excluding carboxylic acids is 2. The summed E-state index contributed by atoms with van der Waals surface area (Å²) < 4.78 is 14.3. The van der Waals surface area contributed by atoms with Crippen LogP contribution in [0.4, 0.5) is 15.2 Å². The molecule has 7 heteroatoms. The van der Waals surface area contributed by atoms with Crippen molar-refractivity contribution in [1.29, 1.82) is 0 Å². The quantitative estimate of drug-likeness (QED) is 0.846. The van der Waals surface area contributed by atoms with Gasteiger partial charge in [-0.2, -0.15) is 0 Å². The largest absolute Gasteiger partial charge is 0.326 e. The lowest BCUT2D eigenvalue weighted by molar-refractivity contribution is -0.120. The van der Waals surface area contributed by atoms with Crippen molar-refractivity contribution in [3.8, 4) is 11.3 Å². The molecule has 0 bridgehead atoms. The van der Waals surface area contributed by atoms with Gasteiger partial charge in [-0.3, -0.25) is 9.59 Å². The van der Waals surface area contributed by atoms with Gasteiger partial charge in [-0.25, -0.2) is 9.37 Å². The summed E-state index contributed by atoms with van der Waals surface area (Å²) in [7, 11) is 0. The van der Waals surface area contributed by atoms with E-state index in [2.05, 4.69) is 15.6 Å². The van der Waals surface area contributed by atoms with Crippen LogP contribution < -0.4 is 10.6 Å². The van der Waals surface area contributed by atoms with Crippen molar-refractivity contribution in [3.63, 3.8) is 0 Å². The number of nitrogens with one attached hydrogen (secondary N) is 2. The van der Waals surface area contributed by atoms with Gasteiger partial charge < -0.3 is 10.6 Å². The minimum absolute atomic E-state index is 0.00192. The maximum Gasteiger partial charge on any atom is 0.229 e. The Bertz CT molecular complexity index is 784. The zero-order valence-corrected chi connectivity index (χ0v) is 14.8. The fourth-order valence-corrected chi connectivity index (χ4v) is 3.74. The molecule has 132 valence electrons. The van der Waals surface area contributed by atoms with Crippen LogP contribution in [0.25, 0.3) is 11.3 Å². The molecule has 0 atom stereocenters. The number of hydrogen-bond acceptors (Lipinski definition) is 4. The first kappa shape index (κ1) is 17.5. The summed E-state index contributed by atoms with van der Waals surface area (Å²) in [4.78, 5) is 27.6. The van der Waals surface area contributed by atoms with Gasteiger partial charge in [0.15, 0.2) is 5.13 Å². The monoisotopic (exact) mass is 361 g/mol. The summed E-state index contributed by atoms with van der Waals surface area (Å²) >= 11 is 1.28. The van der Waals surface area contributed by atoms with Gasteiger partial charge in [0.05, 0.1) is 5.69 Å². The first-order valence-electron chi connectivity index (χ1n) is 8.37. The van der Waals surface area contributed by atoms with E-state index >= 15 is 0 Å². The molecule has 5 nitrogen and oxygen atoms in total. The summed E-state index contributed by atoms with van der Waals surface area (Å²) in [6.45, 7) is 1.37. The lowest BCUT2D eigenvalue weighted by Gasteiger charge is -2.19. The minimum Gasteiger partial charge on any atom is -0.326 e. The Morgan fingerprint density at radius 2 is 1.96 bits per heavy atom. The molecule has 1 aliphatic rings. The molecule has 2 aromatic rings. The standard InChI is InChI=1S/C18H20FN3O2S/c1-11(23)20-13-7-8-14(15(19)9-13)16-10-25-18(21-16)22-17(24)12-5-3-2-4-6-12/h7-10,12H,2-6H2,1H3,(H,20,23)(H,21,22,24). The van der Waals surface area contributed by atoms with Crippen molar-refractivity contribution >= 4 is 34.0 Å². The van der Waals surface area contributed by atoms with Gasteiger partial charge in [0, 0.05) is 29.5 Å². The van der Waals surface area contributed by atoms with Crippen molar-refractivity contribution < 1.29 is 14.0 Å². The van der Waals surface area contributed by atoms with E-state index < -0.39 is 5.82 Å². The molecule has 1 saturated carbocycles. The molecule has 0 radical (unpaired) electrons. The topological polar surface area (TPSA) is 71.1 Å². The normalized spacial score (nSPS) is 15.0. The van der Waals surface area contributed by atoms with Crippen molar-refractivity contribution in [2.75, 3.05) is 10.6 Å². The Kier molecular flexibility index (Phi) is 5.43. The molecule has 1 aromatic carbocycles. The van der Waals surface area contributed by atoms with Gasteiger partial charge in [-0.05, 0) is 31.0 Å². The molecular weight excluding hydrogens is 341 g/mol. The zero-order valence-electron chi connectivity index (χ0n) is 14.0. The molecule has 1 aromatic heterocycles. The van der Waals surface area contributed by atoms with Gasteiger partial charge in [0.2, 0.25) is 11.8 Å². The van der Waals surface area contributed by atoms with Crippen LogP contribution in [0, 0.1) is 11.7 Å². The highest BCUT2D eigenvalue weighted by molar-refractivity contribution is 7.14. The molecule has 0 spiro atoms. The number of amides is 2. The smallest absolute Gasteiger partial charge is 0.229 e. The molecule has 25 heavy (non-hydrogen) atoms. The van der Waals surface area contributed by atoms with Crippen LogP contribution in [0.15, 0.2) is 23.6 Å². The van der Waals surface area contributed by atoms with Crippen LogP contribution in [0.1, 0.15) is 39.0 Å². The molecule has 2 amide bonds. The Morgan fingerprint density at radius 1 is 1.20 bits per heavy atom. The second-order valence-electron chi connectivity index (χ2n) is 6.24. The van der Waals surface area contributed by atoms with E-state index in [-0.39, 0.29) is 17.7 Å². The van der Waals surface area contributed by atoms with Gasteiger partial charge in [0.1, 0.15) is 5.82 Å². The summed E-state index contributed by atoms with van der Waals surface area (Å²) in [5.74, 6) is -0.674. The maximum absolute atomic E-state index is 14.3. The second-order valence-corrected chi connectivity index (χ2v) is 7.10. The third-order valence-electron chi connectivity index (χ3n) is 4.28. The zero-order chi connectivity index (χ0) is 17.8. The van der Waals surface area contributed by atoms with E-state index in [1.165, 1.54) is 30.7 Å². The molecular formula is C18H20FN3O2S. The summed E-state index contributed by atoms with van der Waals surface area (Å²) in [6, 6.07) is 4.46. The predicted octanol–water partition coefficient (Wildman–Crippen LogP) is 4.43. The number of nitrogens with zero attached hydrogens (tertiary/aromatic N) is 1. The van der Waals surface area contributed by atoms with E-state index in [1.54, 1.807) is 17.5 Å². The minimum atomic E-state index is -0.471. The van der Waals surface area contributed by atoms with Crippen molar-refractivity contribution in [3.05, 3.63) is 29.4 Å². The number of carbonyl (C=O) groups is 2. The molecule has 0 aliphatic heterocycles. The van der Waals surface area contributed by atoms with Crippen molar-refractivity contribution in [2.24, 2.45) is 5.92 Å². The summed E-state index contributed by atoms with van der Waals surface area (Å²) in [5, 5.41) is 7.58. The first-order chi connectivity index (χ1) is 12.0. The number of rotatable bonds is 4. The van der Waals surface area contributed by atoms with Gasteiger partial charge >= 0.3 is 0 Å². The Morgan fingerprint density at radius 3 is 2.64 bits per heavy atom. The van der Waals surface area contributed by atoms with E-state index in [1.807, 2.05) is 0 Å². The number of aromatic nitrogens is 1. The molecule has 3 rings (SSSR count). The average molecular weight is 361 g/mol. The Labute approximate surface area is 149 Å². The van der Waals surface area contributed by atoms with E-state index in [4.69, 9.17) is 0 Å². The number of halogens is 1. The highest BCUT2D eigenvalue weighted by Crippen LogP contribution is 2.30. The van der Waals surface area contributed by atoms with Crippen LogP contribution in [-0.4, -0.2) is 16.8 Å². The van der Waals surface area contributed by atoms with Crippen LogP contribution in [0.2, 0.25) is 0 Å². The van der Waals surface area contributed by atoms with E-state index in [0.717, 1.165) is 25.7 Å². The Balaban J connectivity index is 1.70. The summed E-state index contributed by atoms with van der Waals surface area (Å²) in [6.07, 6.45) is 5.21. The summed E-state index contributed by atoms with van der Waals surface area (Å²) in [5.41, 5.74) is 1.20. The van der Waals surface area contributed by atoms with Gasteiger partial charge in [-0.1, -0.05) is 19.3 Å². The SMILES string of the molecule is CC(=O)Nc1ccc(-c2csc(NC(=O)C3CCCCC3)n2)c(F)c1. The van der Waals surface area contributed by atoms with Gasteiger partial charge in [0.25, 0.3) is 0 Å². The fourth-order valence-electron chi connectivity index (χ4n) is 3.03. The first-order valence-corrected chi connectivity index (χ1v) is 9.25. The van der Waals surface area contributed by atoms with Crippen LogP contribution in [0.3, 0.4) is 0 Å². The Hall–Kier alpha value is -2.28. The van der Waals surface area contributed by atoms with Crippen LogP contribution >= 0.6 is 11.3 Å².